The van der Waals surface area contributed by atoms with Crippen molar-refractivity contribution in [2.45, 2.75) is 13.5 Å². The number of piperazine rings is 1. The Labute approximate surface area is 173 Å². The van der Waals surface area contributed by atoms with Crippen LogP contribution >= 0.6 is 0 Å². The van der Waals surface area contributed by atoms with Crippen LogP contribution in [0.15, 0.2) is 48.5 Å². The fourth-order valence-corrected chi connectivity index (χ4v) is 3.57. The lowest BCUT2D eigenvalue weighted by atomic mass is 10.2. The molecule has 6 heteroatoms. The first-order valence-electron chi connectivity index (χ1n) is 10.2. The van der Waals surface area contributed by atoms with Crippen molar-refractivity contribution >= 4 is 11.6 Å². The van der Waals surface area contributed by atoms with E-state index in [-0.39, 0.29) is 5.91 Å². The Bertz CT molecular complexity index is 786. The van der Waals surface area contributed by atoms with E-state index in [4.69, 9.17) is 9.47 Å². The first kappa shape index (κ1) is 21.0. The maximum atomic E-state index is 12.7. The number of methoxy groups -OCH3 is 1. The molecule has 0 aromatic heterocycles. The van der Waals surface area contributed by atoms with Crippen molar-refractivity contribution in [2.75, 3.05) is 58.4 Å². The van der Waals surface area contributed by atoms with Gasteiger partial charge in [-0.15, -0.1) is 0 Å². The fraction of sp³-hybridized carbons (Fsp3) is 0.435. The Balaban J connectivity index is 1.47. The summed E-state index contributed by atoms with van der Waals surface area (Å²) in [5.74, 6) is 1.90. The molecule has 0 atom stereocenters. The van der Waals surface area contributed by atoms with Crippen molar-refractivity contribution in [2.24, 2.45) is 0 Å². The average molecular weight is 398 g/mol. The van der Waals surface area contributed by atoms with Crippen LogP contribution in [0.1, 0.15) is 12.5 Å². The second-order valence-corrected chi connectivity index (χ2v) is 7.26. The molecule has 0 unspecified atom stereocenters. The molecular formula is C23H31N3O3. The van der Waals surface area contributed by atoms with Gasteiger partial charge in [0.1, 0.15) is 11.5 Å². The quantitative estimate of drug-likeness (QED) is 0.685. The third-order valence-electron chi connectivity index (χ3n) is 5.24. The van der Waals surface area contributed by atoms with Crippen LogP contribution in [0.5, 0.6) is 11.5 Å². The summed E-state index contributed by atoms with van der Waals surface area (Å²) < 4.78 is 10.9. The van der Waals surface area contributed by atoms with Crippen LogP contribution in [-0.4, -0.2) is 69.2 Å². The number of hydrogen-bond donors (Lipinski definition) is 0. The van der Waals surface area contributed by atoms with E-state index in [0.29, 0.717) is 19.7 Å². The highest BCUT2D eigenvalue weighted by molar-refractivity contribution is 5.78. The summed E-state index contributed by atoms with van der Waals surface area (Å²) in [6, 6.07) is 16.0. The van der Waals surface area contributed by atoms with Gasteiger partial charge in [0.2, 0.25) is 5.91 Å². The van der Waals surface area contributed by atoms with E-state index in [1.165, 1.54) is 0 Å². The summed E-state index contributed by atoms with van der Waals surface area (Å²) in [6.45, 7) is 7.17. The van der Waals surface area contributed by atoms with Gasteiger partial charge in [0, 0.05) is 39.8 Å². The van der Waals surface area contributed by atoms with E-state index in [1.807, 2.05) is 56.4 Å². The van der Waals surface area contributed by atoms with E-state index in [9.17, 15) is 4.79 Å². The van der Waals surface area contributed by atoms with Gasteiger partial charge >= 0.3 is 0 Å². The maximum absolute atomic E-state index is 12.7. The van der Waals surface area contributed by atoms with Crippen LogP contribution < -0.4 is 14.4 Å². The Hall–Kier alpha value is -2.73. The molecule has 0 N–H and O–H groups in total. The summed E-state index contributed by atoms with van der Waals surface area (Å²) in [7, 11) is 3.57. The van der Waals surface area contributed by atoms with Gasteiger partial charge in [-0.05, 0) is 36.8 Å². The highest BCUT2D eigenvalue weighted by atomic mass is 16.5. The lowest BCUT2D eigenvalue weighted by Gasteiger charge is -2.36. The van der Waals surface area contributed by atoms with Crippen molar-refractivity contribution in [1.29, 1.82) is 0 Å². The van der Waals surface area contributed by atoms with Crippen LogP contribution in [-0.2, 0) is 11.3 Å². The van der Waals surface area contributed by atoms with E-state index in [2.05, 4.69) is 15.9 Å². The van der Waals surface area contributed by atoms with Crippen molar-refractivity contribution in [1.82, 2.24) is 9.80 Å². The Morgan fingerprint density at radius 1 is 1.03 bits per heavy atom. The van der Waals surface area contributed by atoms with Gasteiger partial charge in [-0.2, -0.15) is 0 Å². The molecule has 0 saturated carbocycles. The number of carbonyl (C=O) groups is 1. The number of likely N-dealkylation sites (N-methyl/N-ethyl adjacent to an activating group) is 1. The zero-order valence-electron chi connectivity index (χ0n) is 17.6. The van der Waals surface area contributed by atoms with Gasteiger partial charge in [-0.3, -0.25) is 9.69 Å². The zero-order chi connectivity index (χ0) is 20.6. The molecule has 0 aliphatic carbocycles. The number of ether oxygens (including phenoxy) is 2. The molecule has 1 aliphatic heterocycles. The summed E-state index contributed by atoms with van der Waals surface area (Å²) in [4.78, 5) is 19.0. The van der Waals surface area contributed by atoms with E-state index >= 15 is 0 Å². The summed E-state index contributed by atoms with van der Waals surface area (Å²) in [5.41, 5.74) is 2.22. The second kappa shape index (κ2) is 10.2. The number of para-hydroxylation sites is 2. The van der Waals surface area contributed by atoms with Gasteiger partial charge in [0.05, 0.1) is 25.9 Å². The number of anilines is 1. The van der Waals surface area contributed by atoms with E-state index in [0.717, 1.165) is 48.9 Å². The average Bonchev–Trinajstić information content (AvgIpc) is 2.76. The molecule has 1 amide bonds. The number of carbonyl (C=O) groups excluding carboxylic acids is 1. The normalized spacial score (nSPS) is 14.5. The van der Waals surface area contributed by atoms with Gasteiger partial charge < -0.3 is 19.3 Å². The monoisotopic (exact) mass is 397 g/mol. The predicted molar refractivity (Wildman–Crippen MR) is 116 cm³/mol. The zero-order valence-corrected chi connectivity index (χ0v) is 17.6. The summed E-state index contributed by atoms with van der Waals surface area (Å²) in [5, 5.41) is 0. The van der Waals surface area contributed by atoms with Crippen molar-refractivity contribution in [3.05, 3.63) is 54.1 Å². The van der Waals surface area contributed by atoms with Crippen LogP contribution in [0.2, 0.25) is 0 Å². The minimum absolute atomic E-state index is 0.143. The molecule has 2 aromatic carbocycles. The molecule has 6 nitrogen and oxygen atoms in total. The van der Waals surface area contributed by atoms with Crippen molar-refractivity contribution in [3.63, 3.8) is 0 Å². The first-order valence-corrected chi connectivity index (χ1v) is 10.2. The molecule has 1 saturated heterocycles. The molecule has 0 radical (unpaired) electrons. The maximum Gasteiger partial charge on any atom is 0.236 e. The van der Waals surface area contributed by atoms with Gasteiger partial charge in [-0.1, -0.05) is 24.3 Å². The Morgan fingerprint density at radius 3 is 2.38 bits per heavy atom. The van der Waals surface area contributed by atoms with Gasteiger partial charge in [0.25, 0.3) is 0 Å². The first-order chi connectivity index (χ1) is 14.1. The van der Waals surface area contributed by atoms with E-state index < -0.39 is 0 Å². The smallest absolute Gasteiger partial charge is 0.236 e. The largest absolute Gasteiger partial charge is 0.495 e. The molecule has 3 rings (SSSR count). The van der Waals surface area contributed by atoms with Gasteiger partial charge in [-0.25, -0.2) is 0 Å². The third kappa shape index (κ3) is 5.64. The molecule has 1 aliphatic rings. The Kier molecular flexibility index (Phi) is 7.36. The Morgan fingerprint density at radius 2 is 1.72 bits per heavy atom. The second-order valence-electron chi connectivity index (χ2n) is 7.26. The molecule has 2 aromatic rings. The number of nitrogens with zero attached hydrogens (tertiary/aromatic N) is 3. The molecule has 29 heavy (non-hydrogen) atoms. The topological polar surface area (TPSA) is 45.2 Å². The standard InChI is InChI=1S/C23H31N3O3/c1-4-29-20-11-9-19(10-12-20)17-24(2)23(27)18-25-13-15-26(16-14-25)21-7-5-6-8-22(21)28-3/h5-12H,4,13-18H2,1-3H3. The fourth-order valence-electron chi connectivity index (χ4n) is 3.57. The lowest BCUT2D eigenvalue weighted by molar-refractivity contribution is -0.131. The molecule has 1 heterocycles. The number of benzene rings is 2. The van der Waals surface area contributed by atoms with Crippen LogP contribution in [0.3, 0.4) is 0 Å². The van der Waals surface area contributed by atoms with Gasteiger partial charge in [0.15, 0.2) is 0 Å². The number of rotatable bonds is 8. The van der Waals surface area contributed by atoms with Crippen LogP contribution in [0.25, 0.3) is 0 Å². The predicted octanol–water partition coefficient (Wildman–Crippen LogP) is 2.87. The molecule has 0 spiro atoms. The SMILES string of the molecule is CCOc1ccc(CN(C)C(=O)CN2CCN(c3ccccc3OC)CC2)cc1. The minimum atomic E-state index is 0.143. The van der Waals surface area contributed by atoms with Crippen molar-refractivity contribution < 1.29 is 14.3 Å². The molecule has 156 valence electrons. The van der Waals surface area contributed by atoms with Crippen LogP contribution in [0, 0.1) is 0 Å². The highest BCUT2D eigenvalue weighted by Crippen LogP contribution is 2.28. The third-order valence-corrected chi connectivity index (χ3v) is 5.24. The van der Waals surface area contributed by atoms with E-state index in [1.54, 1.807) is 12.0 Å². The number of hydrogen-bond acceptors (Lipinski definition) is 5. The molecule has 0 bridgehead atoms. The summed E-state index contributed by atoms with van der Waals surface area (Å²) in [6.07, 6.45) is 0. The molecule has 1 fully saturated rings. The minimum Gasteiger partial charge on any atom is -0.495 e. The lowest BCUT2D eigenvalue weighted by Crippen LogP contribution is -2.49. The number of amides is 1. The van der Waals surface area contributed by atoms with Crippen molar-refractivity contribution in [3.8, 4) is 11.5 Å². The molecular weight excluding hydrogens is 366 g/mol. The highest BCUT2D eigenvalue weighted by Gasteiger charge is 2.22. The summed E-state index contributed by atoms with van der Waals surface area (Å²) >= 11 is 0. The van der Waals surface area contributed by atoms with Crippen LogP contribution in [0.4, 0.5) is 5.69 Å².